The van der Waals surface area contributed by atoms with Crippen molar-refractivity contribution in [3.05, 3.63) is 41.1 Å². The minimum Gasteiger partial charge on any atom is -0.486 e. The summed E-state index contributed by atoms with van der Waals surface area (Å²) in [7, 11) is 1.80. The number of para-hydroxylation sites is 1. The predicted molar refractivity (Wildman–Crippen MR) is 87.5 cm³/mol. The van der Waals surface area contributed by atoms with E-state index < -0.39 is 0 Å². The molecule has 0 unspecified atom stereocenters. The van der Waals surface area contributed by atoms with Crippen LogP contribution in [0.1, 0.15) is 21.6 Å². The van der Waals surface area contributed by atoms with Crippen LogP contribution < -0.4 is 14.8 Å². The van der Waals surface area contributed by atoms with E-state index in [1.807, 2.05) is 23.1 Å². The van der Waals surface area contributed by atoms with Gasteiger partial charge < -0.3 is 19.7 Å². The number of rotatable bonds is 2. The number of carbonyl (C=O) groups is 1. The summed E-state index contributed by atoms with van der Waals surface area (Å²) in [6, 6.07) is 7.38. The Bertz CT molecular complexity index is 793. The fraction of sp³-hybridized carbons (Fsp3) is 0.353. The molecule has 3 heterocycles. The molecule has 0 fully saturated rings. The monoisotopic (exact) mass is 326 g/mol. The first-order valence-electron chi connectivity index (χ1n) is 7.97. The molecule has 1 aromatic heterocycles. The minimum absolute atomic E-state index is 0.0502. The Balaban J connectivity index is 1.62. The Kier molecular flexibility index (Phi) is 3.68. The van der Waals surface area contributed by atoms with E-state index in [4.69, 9.17) is 9.47 Å². The molecule has 1 N–H and O–H groups in total. The van der Waals surface area contributed by atoms with Crippen molar-refractivity contribution in [2.45, 2.75) is 13.0 Å². The zero-order chi connectivity index (χ0) is 16.5. The number of aromatic nitrogens is 2. The van der Waals surface area contributed by atoms with Crippen molar-refractivity contribution >= 4 is 11.7 Å². The highest BCUT2D eigenvalue weighted by Gasteiger charge is 2.27. The summed E-state index contributed by atoms with van der Waals surface area (Å²) in [6.45, 7) is 2.10. The fourth-order valence-corrected chi connectivity index (χ4v) is 3.04. The maximum atomic E-state index is 13.0. The molecule has 0 aliphatic carbocycles. The molecule has 124 valence electrons. The molecule has 0 spiro atoms. The fourth-order valence-electron chi connectivity index (χ4n) is 3.04. The highest BCUT2D eigenvalue weighted by molar-refractivity contribution is 5.98. The Labute approximate surface area is 139 Å². The van der Waals surface area contributed by atoms with Gasteiger partial charge in [0, 0.05) is 26.6 Å². The van der Waals surface area contributed by atoms with Crippen LogP contribution in [0.15, 0.2) is 24.3 Å². The highest BCUT2D eigenvalue weighted by atomic mass is 16.6. The van der Waals surface area contributed by atoms with Gasteiger partial charge in [-0.1, -0.05) is 6.07 Å². The molecule has 7 heteroatoms. The Morgan fingerprint density at radius 3 is 3.00 bits per heavy atom. The number of ether oxygens (including phenoxy) is 2. The van der Waals surface area contributed by atoms with Crippen LogP contribution in [-0.4, -0.2) is 47.8 Å². The number of benzene rings is 1. The van der Waals surface area contributed by atoms with Gasteiger partial charge in [0.15, 0.2) is 11.5 Å². The second-order valence-electron chi connectivity index (χ2n) is 5.76. The first-order chi connectivity index (χ1) is 11.8. The molecule has 0 radical (unpaired) electrons. The van der Waals surface area contributed by atoms with Crippen LogP contribution in [-0.2, 0) is 13.0 Å². The van der Waals surface area contributed by atoms with Gasteiger partial charge in [0.05, 0.1) is 11.3 Å². The zero-order valence-electron chi connectivity index (χ0n) is 13.4. The van der Waals surface area contributed by atoms with Gasteiger partial charge in [0.25, 0.3) is 5.91 Å². The summed E-state index contributed by atoms with van der Waals surface area (Å²) in [4.78, 5) is 14.8. The third-order valence-corrected chi connectivity index (χ3v) is 4.28. The van der Waals surface area contributed by atoms with Gasteiger partial charge in [-0.25, -0.2) is 0 Å². The molecule has 2 aromatic rings. The summed E-state index contributed by atoms with van der Waals surface area (Å²) >= 11 is 0. The second-order valence-corrected chi connectivity index (χ2v) is 5.76. The summed E-state index contributed by atoms with van der Waals surface area (Å²) < 4.78 is 11.2. The van der Waals surface area contributed by atoms with Crippen LogP contribution in [0, 0.1) is 0 Å². The molecule has 4 rings (SSSR count). The molecule has 0 atom stereocenters. The second kappa shape index (κ2) is 5.99. The van der Waals surface area contributed by atoms with Crippen LogP contribution in [0.3, 0.4) is 0 Å². The topological polar surface area (TPSA) is 76.6 Å². The first kappa shape index (κ1) is 14.7. The summed E-state index contributed by atoms with van der Waals surface area (Å²) in [5, 5.41) is 11.3. The van der Waals surface area contributed by atoms with Gasteiger partial charge in [-0.2, -0.15) is 5.10 Å². The van der Waals surface area contributed by atoms with E-state index in [1.54, 1.807) is 13.1 Å². The lowest BCUT2D eigenvalue weighted by Crippen LogP contribution is -2.37. The van der Waals surface area contributed by atoms with E-state index >= 15 is 0 Å². The van der Waals surface area contributed by atoms with Crippen LogP contribution >= 0.6 is 0 Å². The zero-order valence-corrected chi connectivity index (χ0v) is 13.4. The standard InChI is InChI=1S/C17H18N4O3/c1-18-15-9-11-10-21(6-5-13(11)19-20-15)17(22)12-3-2-4-14-16(12)24-8-7-23-14/h2-4,9H,5-8,10H2,1H3,(H,18,20). The smallest absolute Gasteiger partial charge is 0.258 e. The number of hydrogen-bond donors (Lipinski definition) is 1. The maximum Gasteiger partial charge on any atom is 0.258 e. The minimum atomic E-state index is -0.0502. The van der Waals surface area contributed by atoms with Gasteiger partial charge in [0.1, 0.15) is 19.0 Å². The van der Waals surface area contributed by atoms with E-state index in [1.165, 1.54) is 0 Å². The molecule has 0 saturated carbocycles. The molecular weight excluding hydrogens is 308 g/mol. The lowest BCUT2D eigenvalue weighted by molar-refractivity contribution is 0.0722. The van der Waals surface area contributed by atoms with E-state index in [2.05, 4.69) is 15.5 Å². The lowest BCUT2D eigenvalue weighted by Gasteiger charge is -2.29. The quantitative estimate of drug-likeness (QED) is 0.901. The van der Waals surface area contributed by atoms with Gasteiger partial charge in [-0.15, -0.1) is 5.10 Å². The normalized spacial score (nSPS) is 15.6. The Morgan fingerprint density at radius 1 is 1.25 bits per heavy atom. The molecule has 7 nitrogen and oxygen atoms in total. The van der Waals surface area contributed by atoms with Crippen molar-refractivity contribution in [1.82, 2.24) is 15.1 Å². The van der Waals surface area contributed by atoms with E-state index in [-0.39, 0.29) is 5.91 Å². The maximum absolute atomic E-state index is 13.0. The average Bonchev–Trinajstić information content (AvgIpc) is 2.66. The Morgan fingerprint density at radius 2 is 2.12 bits per heavy atom. The molecule has 2 aliphatic rings. The molecule has 0 bridgehead atoms. The summed E-state index contributed by atoms with van der Waals surface area (Å²) in [5.74, 6) is 1.83. The summed E-state index contributed by atoms with van der Waals surface area (Å²) in [5.41, 5.74) is 2.52. The average molecular weight is 326 g/mol. The molecule has 1 amide bonds. The van der Waals surface area contributed by atoms with Crippen molar-refractivity contribution in [2.75, 3.05) is 32.1 Å². The van der Waals surface area contributed by atoms with Crippen molar-refractivity contribution in [1.29, 1.82) is 0 Å². The SMILES string of the molecule is CNc1cc2c(nn1)CCN(C(=O)c1cccc3c1OCCO3)C2. The summed E-state index contributed by atoms with van der Waals surface area (Å²) in [6.07, 6.45) is 0.699. The van der Waals surface area contributed by atoms with Gasteiger partial charge >= 0.3 is 0 Å². The van der Waals surface area contributed by atoms with Crippen molar-refractivity contribution in [3.63, 3.8) is 0 Å². The number of amides is 1. The molecular formula is C17H18N4O3. The number of fused-ring (bicyclic) bond motifs is 2. The van der Waals surface area contributed by atoms with Gasteiger partial charge in [-0.05, 0) is 23.8 Å². The van der Waals surface area contributed by atoms with Crippen molar-refractivity contribution < 1.29 is 14.3 Å². The number of nitrogens with zero attached hydrogens (tertiary/aromatic N) is 3. The Hall–Kier alpha value is -2.83. The van der Waals surface area contributed by atoms with Crippen molar-refractivity contribution in [3.8, 4) is 11.5 Å². The number of nitrogens with one attached hydrogen (secondary N) is 1. The molecule has 1 aromatic carbocycles. The molecule has 24 heavy (non-hydrogen) atoms. The molecule has 2 aliphatic heterocycles. The van der Waals surface area contributed by atoms with E-state index in [0.29, 0.717) is 55.6 Å². The predicted octanol–water partition coefficient (Wildman–Crippen LogP) is 1.49. The number of carbonyl (C=O) groups excluding carboxylic acids is 1. The van der Waals surface area contributed by atoms with Crippen LogP contribution in [0.2, 0.25) is 0 Å². The highest BCUT2D eigenvalue weighted by Crippen LogP contribution is 2.35. The largest absolute Gasteiger partial charge is 0.486 e. The molecule has 0 saturated heterocycles. The third-order valence-electron chi connectivity index (χ3n) is 4.28. The number of hydrogen-bond acceptors (Lipinski definition) is 6. The van der Waals surface area contributed by atoms with Crippen LogP contribution in [0.25, 0.3) is 0 Å². The van der Waals surface area contributed by atoms with Gasteiger partial charge in [0.2, 0.25) is 0 Å². The third kappa shape index (κ3) is 2.51. The lowest BCUT2D eigenvalue weighted by atomic mass is 10.0. The van der Waals surface area contributed by atoms with E-state index in [0.717, 1.165) is 11.3 Å². The number of anilines is 1. The van der Waals surface area contributed by atoms with Crippen molar-refractivity contribution in [2.24, 2.45) is 0 Å². The van der Waals surface area contributed by atoms with Crippen LogP contribution in [0.4, 0.5) is 5.82 Å². The van der Waals surface area contributed by atoms with Crippen LogP contribution in [0.5, 0.6) is 11.5 Å². The first-order valence-corrected chi connectivity index (χ1v) is 7.97. The van der Waals surface area contributed by atoms with Gasteiger partial charge in [-0.3, -0.25) is 4.79 Å². The van der Waals surface area contributed by atoms with E-state index in [9.17, 15) is 4.79 Å².